The van der Waals surface area contributed by atoms with E-state index in [4.69, 9.17) is 14.3 Å². The Morgan fingerprint density at radius 1 is 1.45 bits per heavy atom. The molecule has 1 saturated carbocycles. The van der Waals surface area contributed by atoms with Gasteiger partial charge in [-0.15, -0.1) is 0 Å². The third-order valence-electron chi connectivity index (χ3n) is 4.46. The first-order valence-electron chi connectivity index (χ1n) is 7.64. The number of carboxylic acids is 1. The molecule has 6 nitrogen and oxygen atoms in total. The molecular weight excluding hydrogens is 286 g/mol. The van der Waals surface area contributed by atoms with Crippen LogP contribution in [-0.4, -0.2) is 37.2 Å². The van der Waals surface area contributed by atoms with Crippen molar-refractivity contribution in [1.82, 2.24) is 5.32 Å². The van der Waals surface area contributed by atoms with Gasteiger partial charge in [0.2, 0.25) is 0 Å². The number of ether oxygens (including phenoxy) is 1. The maximum atomic E-state index is 12.2. The highest BCUT2D eigenvalue weighted by Gasteiger charge is 2.37. The van der Waals surface area contributed by atoms with Crippen molar-refractivity contribution in [3.8, 4) is 0 Å². The summed E-state index contributed by atoms with van der Waals surface area (Å²) in [4.78, 5) is 23.3. The van der Waals surface area contributed by atoms with E-state index in [2.05, 4.69) is 5.32 Å². The number of amides is 1. The summed E-state index contributed by atoms with van der Waals surface area (Å²) in [7, 11) is 1.67. The average molecular weight is 309 g/mol. The Morgan fingerprint density at radius 3 is 2.64 bits per heavy atom. The summed E-state index contributed by atoms with van der Waals surface area (Å²) in [6, 6.07) is 1.30. The summed E-state index contributed by atoms with van der Waals surface area (Å²) in [5.41, 5.74) is 0.173. The molecule has 0 atom stereocenters. The Morgan fingerprint density at radius 2 is 2.18 bits per heavy atom. The van der Waals surface area contributed by atoms with Gasteiger partial charge in [-0.1, -0.05) is 13.3 Å². The minimum absolute atomic E-state index is 0.0605. The first-order chi connectivity index (χ1) is 10.5. The molecule has 0 bridgehead atoms. The highest BCUT2D eigenvalue weighted by Crippen LogP contribution is 2.43. The molecule has 0 aliphatic heterocycles. The van der Waals surface area contributed by atoms with Gasteiger partial charge < -0.3 is 19.6 Å². The molecule has 1 aromatic rings. The van der Waals surface area contributed by atoms with Crippen molar-refractivity contribution in [2.24, 2.45) is 5.41 Å². The van der Waals surface area contributed by atoms with Crippen LogP contribution in [0, 0.1) is 5.41 Å². The second-order valence-electron chi connectivity index (χ2n) is 5.89. The third-order valence-corrected chi connectivity index (χ3v) is 4.46. The Balaban J connectivity index is 1.99. The number of aromatic carboxylic acids is 1. The fraction of sp³-hybridized carbons (Fsp3) is 0.625. The van der Waals surface area contributed by atoms with Crippen LogP contribution < -0.4 is 5.32 Å². The molecule has 2 N–H and O–H groups in total. The number of carbonyl (C=O) groups excluding carboxylic acids is 1. The maximum Gasteiger partial charge on any atom is 0.339 e. The first kappa shape index (κ1) is 16.5. The second kappa shape index (κ2) is 6.96. The van der Waals surface area contributed by atoms with Gasteiger partial charge in [-0.25, -0.2) is 4.79 Å². The van der Waals surface area contributed by atoms with Gasteiger partial charge in [0.05, 0.1) is 0 Å². The molecule has 1 fully saturated rings. The van der Waals surface area contributed by atoms with Crippen LogP contribution in [0.1, 0.15) is 59.3 Å². The van der Waals surface area contributed by atoms with E-state index < -0.39 is 5.97 Å². The van der Waals surface area contributed by atoms with Gasteiger partial charge >= 0.3 is 5.97 Å². The van der Waals surface area contributed by atoms with Crippen LogP contribution >= 0.6 is 0 Å². The summed E-state index contributed by atoms with van der Waals surface area (Å²) < 4.78 is 10.5. The Labute approximate surface area is 129 Å². The van der Waals surface area contributed by atoms with E-state index in [1.54, 1.807) is 14.0 Å². The summed E-state index contributed by atoms with van der Waals surface area (Å²) in [6.45, 7) is 3.04. The normalized spacial score (nSPS) is 16.1. The van der Waals surface area contributed by atoms with E-state index in [1.807, 2.05) is 0 Å². The summed E-state index contributed by atoms with van der Waals surface area (Å²) in [6.07, 6.45) is 4.68. The lowest BCUT2D eigenvalue weighted by molar-refractivity contribution is 0.0621. The van der Waals surface area contributed by atoms with Crippen molar-refractivity contribution in [3.63, 3.8) is 0 Å². The Bertz CT molecular complexity index is 545. The predicted molar refractivity (Wildman–Crippen MR) is 80.2 cm³/mol. The number of aryl methyl sites for hydroxylation is 1. The van der Waals surface area contributed by atoms with Crippen molar-refractivity contribution < 1.29 is 23.8 Å². The zero-order chi connectivity index (χ0) is 16.2. The van der Waals surface area contributed by atoms with Crippen LogP contribution in [-0.2, 0) is 11.2 Å². The quantitative estimate of drug-likeness (QED) is 0.770. The first-order valence-corrected chi connectivity index (χ1v) is 7.64. The minimum Gasteiger partial charge on any atom is -0.478 e. The highest BCUT2D eigenvalue weighted by atomic mass is 16.5. The SMILES string of the molecule is CCc1oc(C(=O)NCC2(CCOC)CCC2)cc1C(=O)O. The van der Waals surface area contributed by atoms with Crippen molar-refractivity contribution in [3.05, 3.63) is 23.2 Å². The molecule has 0 spiro atoms. The van der Waals surface area contributed by atoms with E-state index in [-0.39, 0.29) is 22.6 Å². The number of methoxy groups -OCH3 is 1. The van der Waals surface area contributed by atoms with E-state index in [0.29, 0.717) is 25.3 Å². The predicted octanol–water partition coefficient (Wildman–Crippen LogP) is 2.48. The van der Waals surface area contributed by atoms with Crippen molar-refractivity contribution >= 4 is 11.9 Å². The standard InChI is InChI=1S/C16H23NO5/c1-3-12-11(15(19)20)9-13(22-12)14(18)17-10-16(5-4-6-16)7-8-21-2/h9H,3-8,10H2,1-2H3,(H,17,18)(H,19,20). The smallest absolute Gasteiger partial charge is 0.339 e. The van der Waals surface area contributed by atoms with E-state index in [0.717, 1.165) is 19.3 Å². The van der Waals surface area contributed by atoms with Crippen LogP contribution in [0.5, 0.6) is 0 Å². The second-order valence-corrected chi connectivity index (χ2v) is 5.89. The molecule has 122 valence electrons. The molecule has 1 aliphatic rings. The Kier molecular flexibility index (Phi) is 5.24. The van der Waals surface area contributed by atoms with Gasteiger partial charge in [-0.05, 0) is 24.7 Å². The average Bonchev–Trinajstić information content (AvgIpc) is 2.90. The van der Waals surface area contributed by atoms with Gasteiger partial charge in [0.15, 0.2) is 5.76 Å². The third kappa shape index (κ3) is 3.50. The lowest BCUT2D eigenvalue weighted by Gasteiger charge is -2.42. The van der Waals surface area contributed by atoms with E-state index >= 15 is 0 Å². The number of carboxylic acid groups (broad SMARTS) is 1. The molecule has 0 unspecified atom stereocenters. The van der Waals surface area contributed by atoms with Gasteiger partial charge in [0.25, 0.3) is 5.91 Å². The summed E-state index contributed by atoms with van der Waals surface area (Å²) >= 11 is 0. The Hall–Kier alpha value is -1.82. The van der Waals surface area contributed by atoms with Gasteiger partial charge in [-0.3, -0.25) is 4.79 Å². The molecule has 1 amide bonds. The fourth-order valence-electron chi connectivity index (χ4n) is 2.85. The molecule has 1 heterocycles. The van der Waals surface area contributed by atoms with Crippen LogP contribution in [0.15, 0.2) is 10.5 Å². The van der Waals surface area contributed by atoms with Crippen molar-refractivity contribution in [1.29, 1.82) is 0 Å². The molecule has 22 heavy (non-hydrogen) atoms. The highest BCUT2D eigenvalue weighted by molar-refractivity contribution is 5.96. The zero-order valence-corrected chi connectivity index (χ0v) is 13.1. The fourth-order valence-corrected chi connectivity index (χ4v) is 2.85. The minimum atomic E-state index is -1.07. The maximum absolute atomic E-state index is 12.2. The van der Waals surface area contributed by atoms with Gasteiger partial charge in [0, 0.05) is 32.7 Å². The molecule has 6 heteroatoms. The lowest BCUT2D eigenvalue weighted by Crippen LogP contribution is -2.42. The summed E-state index contributed by atoms with van der Waals surface area (Å²) in [5, 5.41) is 12.0. The number of rotatable bonds is 8. The summed E-state index contributed by atoms with van der Waals surface area (Å²) in [5.74, 6) is -1.04. The van der Waals surface area contributed by atoms with E-state index in [1.165, 1.54) is 12.5 Å². The monoisotopic (exact) mass is 309 g/mol. The molecule has 0 radical (unpaired) electrons. The number of carbonyl (C=O) groups is 2. The number of hydrogen-bond donors (Lipinski definition) is 2. The lowest BCUT2D eigenvalue weighted by atomic mass is 9.67. The van der Waals surface area contributed by atoms with Crippen LogP contribution in [0.25, 0.3) is 0 Å². The largest absolute Gasteiger partial charge is 0.478 e. The molecule has 0 saturated heterocycles. The molecule has 2 rings (SSSR count). The van der Waals surface area contributed by atoms with Crippen molar-refractivity contribution in [2.45, 2.75) is 39.0 Å². The van der Waals surface area contributed by atoms with Crippen LogP contribution in [0.4, 0.5) is 0 Å². The zero-order valence-electron chi connectivity index (χ0n) is 13.1. The number of nitrogens with one attached hydrogen (secondary N) is 1. The molecule has 1 aliphatic carbocycles. The van der Waals surface area contributed by atoms with Gasteiger partial charge in [-0.2, -0.15) is 0 Å². The van der Waals surface area contributed by atoms with E-state index in [9.17, 15) is 9.59 Å². The molecule has 0 aromatic carbocycles. The molecular formula is C16H23NO5. The van der Waals surface area contributed by atoms with Crippen LogP contribution in [0.3, 0.4) is 0 Å². The number of hydrogen-bond acceptors (Lipinski definition) is 4. The van der Waals surface area contributed by atoms with Crippen molar-refractivity contribution in [2.75, 3.05) is 20.3 Å². The molecule has 1 aromatic heterocycles. The van der Waals surface area contributed by atoms with Crippen LogP contribution in [0.2, 0.25) is 0 Å². The number of furan rings is 1. The topological polar surface area (TPSA) is 88.8 Å². The van der Waals surface area contributed by atoms with Gasteiger partial charge in [0.1, 0.15) is 11.3 Å².